The molecule has 0 saturated heterocycles. The molecule has 2 aromatic heterocycles. The van der Waals surface area contributed by atoms with Gasteiger partial charge in [-0.25, -0.2) is 0 Å². The van der Waals surface area contributed by atoms with E-state index in [1.165, 1.54) is 4.88 Å². The molecule has 0 bridgehead atoms. The molecule has 2 rings (SSSR count). The number of rotatable bonds is 3. The van der Waals surface area contributed by atoms with Crippen LogP contribution in [-0.2, 0) is 0 Å². The van der Waals surface area contributed by atoms with Gasteiger partial charge in [0.1, 0.15) is 0 Å². The van der Waals surface area contributed by atoms with Crippen LogP contribution < -0.4 is 5.32 Å². The first-order chi connectivity index (χ1) is 6.92. The third kappa shape index (κ3) is 1.84. The van der Waals surface area contributed by atoms with Crippen molar-refractivity contribution in [2.75, 3.05) is 7.05 Å². The molecule has 2 heterocycles. The Hall–Kier alpha value is -1.19. The number of aromatic nitrogens is 1. The Morgan fingerprint density at radius 3 is 2.79 bits per heavy atom. The van der Waals surface area contributed by atoms with E-state index >= 15 is 0 Å². The van der Waals surface area contributed by atoms with Gasteiger partial charge in [-0.05, 0) is 30.6 Å². The van der Waals surface area contributed by atoms with Crippen LogP contribution in [-0.4, -0.2) is 12.0 Å². The van der Waals surface area contributed by atoms with E-state index in [0.717, 1.165) is 5.69 Å². The second-order valence-corrected chi connectivity index (χ2v) is 3.97. The predicted molar refractivity (Wildman–Crippen MR) is 59.5 cm³/mol. The Bertz CT molecular complexity index is 369. The molecular weight excluding hydrogens is 192 g/mol. The average molecular weight is 204 g/mol. The SMILES string of the molecule is CNC(c1ccccn1)c1cccs1. The van der Waals surface area contributed by atoms with Crippen LogP contribution in [0.3, 0.4) is 0 Å². The van der Waals surface area contributed by atoms with E-state index in [1.807, 2.05) is 31.4 Å². The Kier molecular flexibility index (Phi) is 2.91. The van der Waals surface area contributed by atoms with Gasteiger partial charge in [0.05, 0.1) is 11.7 Å². The number of hydrogen-bond acceptors (Lipinski definition) is 3. The summed E-state index contributed by atoms with van der Waals surface area (Å²) in [5, 5.41) is 5.35. The van der Waals surface area contributed by atoms with Gasteiger partial charge in [0.25, 0.3) is 0 Å². The van der Waals surface area contributed by atoms with Crippen molar-refractivity contribution >= 4 is 11.3 Å². The van der Waals surface area contributed by atoms with E-state index in [9.17, 15) is 0 Å². The number of nitrogens with one attached hydrogen (secondary N) is 1. The first-order valence-electron chi connectivity index (χ1n) is 4.53. The zero-order valence-corrected chi connectivity index (χ0v) is 8.79. The van der Waals surface area contributed by atoms with Crippen molar-refractivity contribution < 1.29 is 0 Å². The molecule has 1 N–H and O–H groups in total. The third-order valence-corrected chi connectivity index (χ3v) is 3.04. The topological polar surface area (TPSA) is 24.9 Å². The Labute approximate surface area is 87.6 Å². The summed E-state index contributed by atoms with van der Waals surface area (Å²) in [7, 11) is 1.96. The minimum atomic E-state index is 0.219. The van der Waals surface area contributed by atoms with Gasteiger partial charge >= 0.3 is 0 Å². The van der Waals surface area contributed by atoms with Gasteiger partial charge in [0.15, 0.2) is 0 Å². The zero-order chi connectivity index (χ0) is 9.80. The van der Waals surface area contributed by atoms with E-state index in [0.29, 0.717) is 0 Å². The summed E-state index contributed by atoms with van der Waals surface area (Å²) < 4.78 is 0. The van der Waals surface area contributed by atoms with Crippen LogP contribution in [0.2, 0.25) is 0 Å². The second-order valence-electron chi connectivity index (χ2n) is 2.99. The van der Waals surface area contributed by atoms with Crippen LogP contribution in [0, 0.1) is 0 Å². The van der Waals surface area contributed by atoms with Crippen molar-refractivity contribution in [3.8, 4) is 0 Å². The summed E-state index contributed by atoms with van der Waals surface area (Å²) in [4.78, 5) is 5.65. The number of thiophene rings is 1. The van der Waals surface area contributed by atoms with Crippen LogP contribution in [0.15, 0.2) is 41.9 Å². The standard InChI is InChI=1S/C11H12N2S/c1-12-11(10-6-4-8-14-10)9-5-2-3-7-13-9/h2-8,11-12H,1H3. The molecule has 3 heteroatoms. The van der Waals surface area contributed by atoms with Gasteiger partial charge in [0, 0.05) is 11.1 Å². The number of hydrogen-bond donors (Lipinski definition) is 1. The predicted octanol–water partition coefficient (Wildman–Crippen LogP) is 2.45. The van der Waals surface area contributed by atoms with Gasteiger partial charge in [0.2, 0.25) is 0 Å². The Morgan fingerprint density at radius 2 is 2.21 bits per heavy atom. The monoisotopic (exact) mass is 204 g/mol. The second kappa shape index (κ2) is 4.35. The first kappa shape index (κ1) is 9.37. The van der Waals surface area contributed by atoms with Crippen molar-refractivity contribution in [3.05, 3.63) is 52.5 Å². The lowest BCUT2D eigenvalue weighted by Gasteiger charge is -2.13. The van der Waals surface area contributed by atoms with Crippen LogP contribution in [0.1, 0.15) is 16.6 Å². The molecule has 2 aromatic rings. The quantitative estimate of drug-likeness (QED) is 0.830. The molecule has 2 nitrogen and oxygen atoms in total. The van der Waals surface area contributed by atoms with Gasteiger partial charge in [-0.1, -0.05) is 12.1 Å². The first-order valence-corrected chi connectivity index (χ1v) is 5.41. The summed E-state index contributed by atoms with van der Waals surface area (Å²) in [5.74, 6) is 0. The maximum atomic E-state index is 4.35. The highest BCUT2D eigenvalue weighted by Crippen LogP contribution is 2.23. The van der Waals surface area contributed by atoms with Crippen molar-refractivity contribution in [1.29, 1.82) is 0 Å². The van der Waals surface area contributed by atoms with E-state index in [2.05, 4.69) is 27.8 Å². The molecule has 0 saturated carbocycles. The fourth-order valence-corrected chi connectivity index (χ4v) is 2.28. The lowest BCUT2D eigenvalue weighted by atomic mass is 10.1. The molecule has 0 spiro atoms. The summed E-state index contributed by atoms with van der Waals surface area (Å²) in [5.41, 5.74) is 1.07. The lowest BCUT2D eigenvalue weighted by molar-refractivity contribution is 0.682. The summed E-state index contributed by atoms with van der Waals surface area (Å²) >= 11 is 1.75. The molecule has 0 aliphatic carbocycles. The molecule has 0 aliphatic heterocycles. The van der Waals surface area contributed by atoms with Crippen LogP contribution in [0.25, 0.3) is 0 Å². The van der Waals surface area contributed by atoms with Crippen LogP contribution >= 0.6 is 11.3 Å². The third-order valence-electron chi connectivity index (χ3n) is 2.10. The molecule has 1 atom stereocenters. The molecule has 0 aliphatic rings. The zero-order valence-electron chi connectivity index (χ0n) is 7.97. The summed E-state index contributed by atoms with van der Waals surface area (Å²) in [6, 6.07) is 10.4. The van der Waals surface area contributed by atoms with E-state index < -0.39 is 0 Å². The van der Waals surface area contributed by atoms with E-state index in [1.54, 1.807) is 11.3 Å². The smallest absolute Gasteiger partial charge is 0.0842 e. The highest BCUT2D eigenvalue weighted by atomic mass is 32.1. The lowest BCUT2D eigenvalue weighted by Crippen LogP contribution is -2.17. The minimum Gasteiger partial charge on any atom is -0.307 e. The highest BCUT2D eigenvalue weighted by Gasteiger charge is 2.12. The molecule has 0 fully saturated rings. The number of nitrogens with zero attached hydrogens (tertiary/aromatic N) is 1. The molecule has 72 valence electrons. The van der Waals surface area contributed by atoms with Crippen LogP contribution in [0.5, 0.6) is 0 Å². The summed E-state index contributed by atoms with van der Waals surface area (Å²) in [6.45, 7) is 0. The fraction of sp³-hybridized carbons (Fsp3) is 0.182. The van der Waals surface area contributed by atoms with Crippen molar-refractivity contribution in [2.45, 2.75) is 6.04 Å². The molecule has 1 unspecified atom stereocenters. The Morgan fingerprint density at radius 1 is 1.29 bits per heavy atom. The van der Waals surface area contributed by atoms with Gasteiger partial charge < -0.3 is 5.32 Å². The van der Waals surface area contributed by atoms with Gasteiger partial charge in [-0.3, -0.25) is 4.98 Å². The fourth-order valence-electron chi connectivity index (χ4n) is 1.44. The Balaban J connectivity index is 2.31. The average Bonchev–Trinajstić information content (AvgIpc) is 2.74. The normalized spacial score (nSPS) is 12.6. The highest BCUT2D eigenvalue weighted by molar-refractivity contribution is 7.10. The molecule has 0 aromatic carbocycles. The maximum absolute atomic E-state index is 4.35. The molecular formula is C11H12N2S. The van der Waals surface area contributed by atoms with Gasteiger partial charge in [-0.15, -0.1) is 11.3 Å². The largest absolute Gasteiger partial charge is 0.307 e. The molecule has 0 radical (unpaired) electrons. The molecule has 0 amide bonds. The summed E-state index contributed by atoms with van der Waals surface area (Å²) in [6.07, 6.45) is 1.83. The van der Waals surface area contributed by atoms with E-state index in [-0.39, 0.29) is 6.04 Å². The number of pyridine rings is 1. The maximum Gasteiger partial charge on any atom is 0.0842 e. The molecule has 14 heavy (non-hydrogen) atoms. The van der Waals surface area contributed by atoms with Crippen molar-refractivity contribution in [2.24, 2.45) is 0 Å². The van der Waals surface area contributed by atoms with E-state index in [4.69, 9.17) is 0 Å². The van der Waals surface area contributed by atoms with Crippen molar-refractivity contribution in [1.82, 2.24) is 10.3 Å². The van der Waals surface area contributed by atoms with Gasteiger partial charge in [-0.2, -0.15) is 0 Å². The van der Waals surface area contributed by atoms with Crippen LogP contribution in [0.4, 0.5) is 0 Å². The minimum absolute atomic E-state index is 0.219. The van der Waals surface area contributed by atoms with Crippen molar-refractivity contribution in [3.63, 3.8) is 0 Å².